The molecule has 30 heavy (non-hydrogen) atoms. The number of nitrogens with zero attached hydrogens (tertiary/aromatic N) is 3. The number of rotatable bonds is 5. The molecule has 3 heterocycles. The molecule has 0 unspecified atom stereocenters. The highest BCUT2D eigenvalue weighted by Gasteiger charge is 2.37. The number of hydrogen-bond donors (Lipinski definition) is 1. The van der Waals surface area contributed by atoms with Gasteiger partial charge in [-0.1, -0.05) is 0 Å². The summed E-state index contributed by atoms with van der Waals surface area (Å²) in [6, 6.07) is 3.95. The number of aromatic nitrogens is 1. The van der Waals surface area contributed by atoms with Gasteiger partial charge in [-0.05, 0) is 63.8 Å². The van der Waals surface area contributed by atoms with Crippen LogP contribution in [0.3, 0.4) is 0 Å². The maximum absolute atomic E-state index is 13.1. The minimum atomic E-state index is -1.02. The monoisotopic (exact) mass is 417 g/mol. The molecule has 2 aliphatic rings. The zero-order valence-electron chi connectivity index (χ0n) is 17.9. The molecule has 1 amide bonds. The number of carboxylic acid groups (broad SMARTS) is 1. The van der Waals surface area contributed by atoms with Crippen molar-refractivity contribution in [2.75, 3.05) is 31.2 Å². The molecule has 2 fully saturated rings. The fourth-order valence-electron chi connectivity index (χ4n) is 3.91. The minimum Gasteiger partial charge on any atom is -0.478 e. The van der Waals surface area contributed by atoms with Crippen LogP contribution in [-0.2, 0) is 14.3 Å². The molecule has 3 rings (SSSR count). The molecular weight excluding hydrogens is 386 g/mol. The van der Waals surface area contributed by atoms with Gasteiger partial charge in [0.15, 0.2) is 0 Å². The van der Waals surface area contributed by atoms with Crippen molar-refractivity contribution in [2.45, 2.75) is 57.7 Å². The molecule has 8 heteroatoms. The van der Waals surface area contributed by atoms with E-state index in [1.54, 1.807) is 23.2 Å². The highest BCUT2D eigenvalue weighted by molar-refractivity contribution is 5.88. The summed E-state index contributed by atoms with van der Waals surface area (Å²) in [5, 5.41) is 8.79. The number of anilines is 1. The second-order valence-corrected chi connectivity index (χ2v) is 8.75. The van der Waals surface area contributed by atoms with Gasteiger partial charge in [0.1, 0.15) is 11.4 Å². The van der Waals surface area contributed by atoms with Crippen molar-refractivity contribution in [3.63, 3.8) is 0 Å². The number of likely N-dealkylation sites (tertiary alicyclic amines) is 1. The van der Waals surface area contributed by atoms with E-state index in [9.17, 15) is 9.59 Å². The Morgan fingerprint density at radius 3 is 2.60 bits per heavy atom. The van der Waals surface area contributed by atoms with E-state index in [0.29, 0.717) is 17.4 Å². The Morgan fingerprint density at radius 1 is 1.27 bits per heavy atom. The number of ether oxygens (including phenoxy) is 2. The second-order valence-electron chi connectivity index (χ2n) is 8.75. The van der Waals surface area contributed by atoms with Gasteiger partial charge in [-0.3, -0.25) is 9.80 Å². The van der Waals surface area contributed by atoms with Crippen molar-refractivity contribution >= 4 is 24.0 Å². The Bertz CT molecular complexity index is 766. The normalized spacial score (nSPS) is 21.1. The molecule has 1 N–H and O–H groups in total. The van der Waals surface area contributed by atoms with Gasteiger partial charge in [0, 0.05) is 44.6 Å². The van der Waals surface area contributed by atoms with Crippen LogP contribution in [0.5, 0.6) is 0 Å². The molecule has 0 saturated carbocycles. The van der Waals surface area contributed by atoms with E-state index in [0.717, 1.165) is 51.6 Å². The van der Waals surface area contributed by atoms with Crippen LogP contribution in [0.1, 0.15) is 45.6 Å². The summed E-state index contributed by atoms with van der Waals surface area (Å²) in [5.74, 6) is -0.510. The highest BCUT2D eigenvalue weighted by Crippen LogP contribution is 2.27. The maximum atomic E-state index is 13.1. The third kappa shape index (κ3) is 6.03. The van der Waals surface area contributed by atoms with Crippen molar-refractivity contribution < 1.29 is 24.2 Å². The smallest absolute Gasteiger partial charge is 0.416 e. The molecule has 164 valence electrons. The molecule has 0 radical (unpaired) electrons. The predicted octanol–water partition coefficient (Wildman–Crippen LogP) is 3.17. The summed E-state index contributed by atoms with van der Waals surface area (Å²) in [6.07, 6.45) is 6.56. The summed E-state index contributed by atoms with van der Waals surface area (Å²) >= 11 is 0. The molecule has 1 aromatic heterocycles. The number of hydrogen-bond acceptors (Lipinski definition) is 6. The Labute approximate surface area is 177 Å². The Morgan fingerprint density at radius 2 is 2.00 bits per heavy atom. The van der Waals surface area contributed by atoms with Gasteiger partial charge in [0.2, 0.25) is 0 Å². The molecular formula is C22H31N3O5. The zero-order valence-corrected chi connectivity index (χ0v) is 17.9. The number of carbonyl (C=O) groups is 2. The van der Waals surface area contributed by atoms with Gasteiger partial charge in [0.05, 0.1) is 6.04 Å². The van der Waals surface area contributed by atoms with Crippen LogP contribution in [0.4, 0.5) is 10.6 Å². The number of carbonyl (C=O) groups excluding carboxylic acids is 1. The Kier molecular flexibility index (Phi) is 7.10. The van der Waals surface area contributed by atoms with E-state index in [-0.39, 0.29) is 6.04 Å². The fourth-order valence-corrected chi connectivity index (χ4v) is 3.91. The van der Waals surface area contributed by atoms with Crippen LogP contribution >= 0.6 is 0 Å². The molecule has 0 aromatic carbocycles. The molecule has 0 spiro atoms. The van der Waals surface area contributed by atoms with E-state index in [1.165, 1.54) is 6.08 Å². The quantitative estimate of drug-likeness (QED) is 0.736. The average molecular weight is 418 g/mol. The van der Waals surface area contributed by atoms with Crippen molar-refractivity contribution in [3.05, 3.63) is 30.0 Å². The number of pyridine rings is 1. The maximum Gasteiger partial charge on any atom is 0.416 e. The Hall–Kier alpha value is -2.45. The van der Waals surface area contributed by atoms with Gasteiger partial charge >= 0.3 is 12.1 Å². The van der Waals surface area contributed by atoms with Crippen molar-refractivity contribution in [2.24, 2.45) is 0 Å². The summed E-state index contributed by atoms with van der Waals surface area (Å²) in [5.41, 5.74) is 0.0407. The first-order valence-electron chi connectivity index (χ1n) is 10.4. The van der Waals surface area contributed by atoms with Gasteiger partial charge in [-0.15, -0.1) is 0 Å². The predicted molar refractivity (Wildman–Crippen MR) is 113 cm³/mol. The van der Waals surface area contributed by atoms with Gasteiger partial charge in [-0.25, -0.2) is 14.6 Å². The van der Waals surface area contributed by atoms with Gasteiger partial charge in [-0.2, -0.15) is 0 Å². The third-order valence-electron chi connectivity index (χ3n) is 5.29. The van der Waals surface area contributed by atoms with Crippen molar-refractivity contribution in [1.82, 2.24) is 9.88 Å². The number of amides is 1. The first-order valence-corrected chi connectivity index (χ1v) is 10.4. The SMILES string of the molecule is CC(C)(C)OC(=O)N(c1ccc(C=CC(=O)O)cn1)[C@@H]1CCN(C2CCOCC2)C1. The lowest BCUT2D eigenvalue weighted by molar-refractivity contribution is -0.131. The van der Waals surface area contributed by atoms with Crippen LogP contribution in [0.2, 0.25) is 0 Å². The summed E-state index contributed by atoms with van der Waals surface area (Å²) in [6.45, 7) is 8.81. The lowest BCUT2D eigenvalue weighted by Crippen LogP contribution is -2.46. The van der Waals surface area contributed by atoms with E-state index in [2.05, 4.69) is 9.88 Å². The van der Waals surface area contributed by atoms with E-state index in [4.69, 9.17) is 14.6 Å². The van der Waals surface area contributed by atoms with Crippen LogP contribution in [-0.4, -0.2) is 71.0 Å². The van der Waals surface area contributed by atoms with E-state index in [1.807, 2.05) is 20.8 Å². The zero-order chi connectivity index (χ0) is 21.7. The van der Waals surface area contributed by atoms with Crippen molar-refractivity contribution in [1.29, 1.82) is 0 Å². The van der Waals surface area contributed by atoms with Crippen LogP contribution in [0, 0.1) is 0 Å². The lowest BCUT2D eigenvalue weighted by Gasteiger charge is -2.33. The molecule has 1 atom stereocenters. The van der Waals surface area contributed by atoms with Gasteiger partial charge in [0.25, 0.3) is 0 Å². The standard InChI is InChI=1S/C22H31N3O5/c1-22(2,3)30-21(28)25(19-6-4-16(14-23-19)5-7-20(26)27)18-8-11-24(15-18)17-9-12-29-13-10-17/h4-7,14,17-18H,8-13,15H2,1-3H3,(H,26,27)/t18-/m1/s1. The first kappa shape index (κ1) is 22.2. The first-order chi connectivity index (χ1) is 14.2. The number of carboxylic acids is 1. The second kappa shape index (κ2) is 9.57. The molecule has 1 aromatic rings. The van der Waals surface area contributed by atoms with Crippen LogP contribution in [0.15, 0.2) is 24.4 Å². The van der Waals surface area contributed by atoms with Crippen molar-refractivity contribution in [3.8, 4) is 0 Å². The summed E-state index contributed by atoms with van der Waals surface area (Å²) in [4.78, 5) is 32.3. The molecule has 2 saturated heterocycles. The largest absolute Gasteiger partial charge is 0.478 e. The third-order valence-corrected chi connectivity index (χ3v) is 5.29. The minimum absolute atomic E-state index is 0.0318. The Balaban J connectivity index is 1.78. The molecule has 0 bridgehead atoms. The molecule has 0 aliphatic carbocycles. The topological polar surface area (TPSA) is 92.2 Å². The summed E-state index contributed by atoms with van der Waals surface area (Å²) < 4.78 is 11.2. The van der Waals surface area contributed by atoms with E-state index >= 15 is 0 Å². The lowest BCUT2D eigenvalue weighted by atomic mass is 10.1. The summed E-state index contributed by atoms with van der Waals surface area (Å²) in [7, 11) is 0. The highest BCUT2D eigenvalue weighted by atomic mass is 16.6. The number of aliphatic carboxylic acids is 1. The van der Waals surface area contributed by atoms with Gasteiger partial charge < -0.3 is 14.6 Å². The average Bonchev–Trinajstić information content (AvgIpc) is 3.16. The van der Waals surface area contributed by atoms with E-state index < -0.39 is 17.7 Å². The molecule has 8 nitrogen and oxygen atoms in total. The van der Waals surface area contributed by atoms with Crippen LogP contribution in [0.25, 0.3) is 6.08 Å². The molecule has 2 aliphatic heterocycles. The fraction of sp³-hybridized carbons (Fsp3) is 0.591. The van der Waals surface area contributed by atoms with Crippen LogP contribution < -0.4 is 4.90 Å².